The summed E-state index contributed by atoms with van der Waals surface area (Å²) < 4.78 is 2.00. The average Bonchev–Trinajstić information content (AvgIpc) is 2.08. The van der Waals surface area contributed by atoms with Crippen molar-refractivity contribution in [3.63, 3.8) is 0 Å². The highest BCUT2D eigenvalue weighted by atomic mass is 79.9. The zero-order valence-electron chi connectivity index (χ0n) is 7.33. The van der Waals surface area contributed by atoms with E-state index in [1.54, 1.807) is 0 Å². The van der Waals surface area contributed by atoms with E-state index in [4.69, 9.17) is 5.73 Å². The van der Waals surface area contributed by atoms with Gasteiger partial charge in [0.05, 0.1) is 5.69 Å². The van der Waals surface area contributed by atoms with Crippen LogP contribution in [0, 0.1) is 20.8 Å². The van der Waals surface area contributed by atoms with Crippen LogP contribution >= 0.6 is 31.9 Å². The topological polar surface area (TPSA) is 26.0 Å². The molecule has 0 saturated heterocycles. The molecule has 0 saturated carbocycles. The van der Waals surface area contributed by atoms with Gasteiger partial charge in [-0.3, -0.25) is 0 Å². The molecule has 3 heteroatoms. The van der Waals surface area contributed by atoms with Crippen LogP contribution in [-0.4, -0.2) is 0 Å². The number of nitrogen functional groups attached to an aromatic ring is 1. The van der Waals surface area contributed by atoms with E-state index in [9.17, 15) is 0 Å². The van der Waals surface area contributed by atoms with Crippen molar-refractivity contribution in [3.05, 3.63) is 25.6 Å². The lowest BCUT2D eigenvalue weighted by molar-refractivity contribution is 1.24. The Bertz CT molecular complexity index is 227. The molecule has 0 unspecified atom stereocenters. The third-order valence-electron chi connectivity index (χ3n) is 2.26. The van der Waals surface area contributed by atoms with E-state index in [1.807, 2.05) is 0 Å². The Morgan fingerprint density at radius 1 is 0.833 bits per heavy atom. The maximum atomic E-state index is 5.86. The summed E-state index contributed by atoms with van der Waals surface area (Å²) in [6, 6.07) is 0. The number of anilines is 1. The fraction of sp³-hybridized carbons (Fsp3) is 0.333. The first-order chi connectivity index (χ1) is 5.46. The highest BCUT2D eigenvalue weighted by molar-refractivity contribution is 9.11. The molecule has 1 rings (SSSR count). The van der Waals surface area contributed by atoms with Crippen molar-refractivity contribution in [1.82, 2.24) is 0 Å². The van der Waals surface area contributed by atoms with Gasteiger partial charge in [-0.25, -0.2) is 0 Å². The average molecular weight is 293 g/mol. The minimum absolute atomic E-state index is 0.788. The van der Waals surface area contributed by atoms with Gasteiger partial charge in [-0.05, 0) is 69.3 Å². The van der Waals surface area contributed by atoms with Crippen molar-refractivity contribution in [2.24, 2.45) is 0 Å². The number of benzene rings is 1. The number of nitrogens with two attached hydrogens (primary N) is 1. The lowest BCUT2D eigenvalue weighted by Gasteiger charge is -2.12. The maximum absolute atomic E-state index is 5.86. The summed E-state index contributed by atoms with van der Waals surface area (Å²) in [5.41, 5.74) is 10.4. The highest BCUT2D eigenvalue weighted by Crippen LogP contribution is 2.36. The standard InChI is InChI=1S/C9H11Br2N/c1-4-5(2)7(10)9(12)8(11)6(4)3/h12H2,1-3H3. The van der Waals surface area contributed by atoms with Crippen LogP contribution in [0.15, 0.2) is 8.95 Å². The molecule has 1 nitrogen and oxygen atoms in total. The van der Waals surface area contributed by atoms with E-state index in [2.05, 4.69) is 52.6 Å². The van der Waals surface area contributed by atoms with E-state index in [-0.39, 0.29) is 0 Å². The van der Waals surface area contributed by atoms with Gasteiger partial charge in [-0.1, -0.05) is 0 Å². The Labute approximate surface area is 89.6 Å². The summed E-state index contributed by atoms with van der Waals surface area (Å²) in [7, 11) is 0. The number of rotatable bonds is 0. The predicted octanol–water partition coefficient (Wildman–Crippen LogP) is 3.72. The molecule has 0 radical (unpaired) electrons. The van der Waals surface area contributed by atoms with Gasteiger partial charge < -0.3 is 5.73 Å². The molecule has 66 valence electrons. The molecule has 0 heterocycles. The maximum Gasteiger partial charge on any atom is 0.0608 e. The van der Waals surface area contributed by atoms with Crippen molar-refractivity contribution >= 4 is 37.5 Å². The molecule has 12 heavy (non-hydrogen) atoms. The van der Waals surface area contributed by atoms with E-state index in [0.717, 1.165) is 14.6 Å². The minimum atomic E-state index is 0.788. The first-order valence-electron chi connectivity index (χ1n) is 3.67. The summed E-state index contributed by atoms with van der Waals surface area (Å²) in [4.78, 5) is 0. The molecule has 0 amide bonds. The van der Waals surface area contributed by atoms with Gasteiger partial charge in [0.2, 0.25) is 0 Å². The normalized spacial score (nSPS) is 10.4. The molecule has 0 aliphatic rings. The molecular weight excluding hydrogens is 282 g/mol. The number of hydrogen-bond acceptors (Lipinski definition) is 1. The quantitative estimate of drug-likeness (QED) is 0.725. The van der Waals surface area contributed by atoms with E-state index in [1.165, 1.54) is 16.7 Å². The molecule has 1 aromatic carbocycles. The second-order valence-corrected chi connectivity index (χ2v) is 4.50. The highest BCUT2D eigenvalue weighted by Gasteiger charge is 2.10. The van der Waals surface area contributed by atoms with Gasteiger partial charge in [0.15, 0.2) is 0 Å². The molecule has 2 N–H and O–H groups in total. The minimum Gasteiger partial charge on any atom is -0.397 e. The van der Waals surface area contributed by atoms with Crippen molar-refractivity contribution < 1.29 is 0 Å². The first-order valence-corrected chi connectivity index (χ1v) is 5.25. The van der Waals surface area contributed by atoms with Crippen molar-refractivity contribution in [2.75, 3.05) is 5.73 Å². The zero-order valence-corrected chi connectivity index (χ0v) is 10.5. The zero-order chi connectivity index (χ0) is 9.46. The largest absolute Gasteiger partial charge is 0.397 e. The molecule has 0 aliphatic carbocycles. The summed E-state index contributed by atoms with van der Waals surface area (Å²) in [5.74, 6) is 0. The third kappa shape index (κ3) is 1.40. The fourth-order valence-corrected chi connectivity index (χ4v) is 2.37. The van der Waals surface area contributed by atoms with Crippen LogP contribution in [0.1, 0.15) is 16.7 Å². The van der Waals surface area contributed by atoms with Gasteiger partial charge in [-0.2, -0.15) is 0 Å². The van der Waals surface area contributed by atoms with E-state index >= 15 is 0 Å². The summed E-state index contributed by atoms with van der Waals surface area (Å²) in [6.07, 6.45) is 0. The molecule has 0 fully saturated rings. The molecule has 0 atom stereocenters. The van der Waals surface area contributed by atoms with E-state index in [0.29, 0.717) is 0 Å². The molecule has 0 aromatic heterocycles. The fourth-order valence-electron chi connectivity index (χ4n) is 1.11. The Balaban J connectivity index is 3.60. The van der Waals surface area contributed by atoms with Gasteiger partial charge >= 0.3 is 0 Å². The van der Waals surface area contributed by atoms with E-state index < -0.39 is 0 Å². The van der Waals surface area contributed by atoms with Gasteiger partial charge in [-0.15, -0.1) is 0 Å². The van der Waals surface area contributed by atoms with Crippen LogP contribution in [0.5, 0.6) is 0 Å². The van der Waals surface area contributed by atoms with Crippen LogP contribution in [0.3, 0.4) is 0 Å². The Morgan fingerprint density at radius 3 is 1.50 bits per heavy atom. The first kappa shape index (κ1) is 10.1. The molecule has 0 spiro atoms. The second kappa shape index (κ2) is 3.38. The third-order valence-corrected chi connectivity index (χ3v) is 4.30. The van der Waals surface area contributed by atoms with Crippen molar-refractivity contribution in [3.8, 4) is 0 Å². The lowest BCUT2D eigenvalue weighted by Crippen LogP contribution is -1.97. The van der Waals surface area contributed by atoms with Gasteiger partial charge in [0, 0.05) is 8.95 Å². The van der Waals surface area contributed by atoms with Crippen LogP contribution in [0.2, 0.25) is 0 Å². The van der Waals surface area contributed by atoms with Crippen LogP contribution < -0.4 is 5.73 Å². The summed E-state index contributed by atoms with van der Waals surface area (Å²) in [6.45, 7) is 6.23. The Morgan fingerprint density at radius 2 is 1.17 bits per heavy atom. The van der Waals surface area contributed by atoms with Crippen molar-refractivity contribution in [2.45, 2.75) is 20.8 Å². The second-order valence-electron chi connectivity index (χ2n) is 2.92. The molecule has 1 aromatic rings. The number of hydrogen-bond donors (Lipinski definition) is 1. The molecular formula is C9H11Br2N. The summed E-state index contributed by atoms with van der Waals surface area (Å²) >= 11 is 6.92. The van der Waals surface area contributed by atoms with Crippen molar-refractivity contribution in [1.29, 1.82) is 0 Å². The van der Waals surface area contributed by atoms with Crippen LogP contribution in [-0.2, 0) is 0 Å². The molecule has 0 aliphatic heterocycles. The monoisotopic (exact) mass is 291 g/mol. The van der Waals surface area contributed by atoms with Gasteiger partial charge in [0.25, 0.3) is 0 Å². The van der Waals surface area contributed by atoms with Crippen LogP contribution in [0.25, 0.3) is 0 Å². The summed E-state index contributed by atoms with van der Waals surface area (Å²) in [5, 5.41) is 0. The molecule has 0 bridgehead atoms. The lowest BCUT2D eigenvalue weighted by atomic mass is 10.0. The smallest absolute Gasteiger partial charge is 0.0608 e. The van der Waals surface area contributed by atoms with Gasteiger partial charge in [0.1, 0.15) is 0 Å². The predicted molar refractivity (Wildman–Crippen MR) is 60.5 cm³/mol. The van der Waals surface area contributed by atoms with Crippen LogP contribution in [0.4, 0.5) is 5.69 Å². The number of halogens is 2. The Kier molecular flexibility index (Phi) is 2.84. The SMILES string of the molecule is Cc1c(C)c(Br)c(N)c(Br)c1C. The Hall–Kier alpha value is -0.0200.